The van der Waals surface area contributed by atoms with Crippen molar-refractivity contribution in [2.75, 3.05) is 13.1 Å². The van der Waals surface area contributed by atoms with E-state index in [4.69, 9.17) is 4.74 Å². The lowest BCUT2D eigenvalue weighted by Gasteiger charge is -2.39. The molecule has 0 aromatic rings. The van der Waals surface area contributed by atoms with Gasteiger partial charge in [-0.3, -0.25) is 0 Å². The van der Waals surface area contributed by atoms with E-state index in [9.17, 15) is 14.0 Å². The maximum absolute atomic E-state index is 12.7. The maximum atomic E-state index is 12.7. The van der Waals surface area contributed by atoms with Gasteiger partial charge in [-0.05, 0) is 39.5 Å². The van der Waals surface area contributed by atoms with Gasteiger partial charge in [-0.25, -0.2) is 9.18 Å². The van der Waals surface area contributed by atoms with Crippen LogP contribution in [0, 0.1) is 5.92 Å². The first kappa shape index (κ1) is 13.9. The van der Waals surface area contributed by atoms with Gasteiger partial charge in [-0.1, -0.05) is 0 Å². The summed E-state index contributed by atoms with van der Waals surface area (Å²) >= 11 is 0. The third-order valence-corrected chi connectivity index (χ3v) is 2.61. The number of amides is 1. The van der Waals surface area contributed by atoms with Crippen LogP contribution in [0.1, 0.15) is 33.6 Å². The monoisotopic (exact) mass is 245 g/mol. The number of carbonyl (C=O) groups is 2. The summed E-state index contributed by atoms with van der Waals surface area (Å²) in [6.45, 7) is 6.65. The topological polar surface area (TPSA) is 46.6 Å². The fourth-order valence-corrected chi connectivity index (χ4v) is 1.69. The lowest BCUT2D eigenvalue weighted by molar-refractivity contribution is -0.112. The lowest BCUT2D eigenvalue weighted by Crippen LogP contribution is -2.51. The highest BCUT2D eigenvalue weighted by atomic mass is 19.1. The van der Waals surface area contributed by atoms with Gasteiger partial charge in [0, 0.05) is 13.1 Å². The van der Waals surface area contributed by atoms with Gasteiger partial charge < -0.3 is 14.4 Å². The SMILES string of the molecule is CC(C)(C)OC(=O)N1CC(CCC(F)C=O)C1. The summed E-state index contributed by atoms with van der Waals surface area (Å²) in [5.41, 5.74) is -0.482. The molecule has 0 aliphatic carbocycles. The van der Waals surface area contributed by atoms with E-state index in [0.717, 1.165) is 0 Å². The van der Waals surface area contributed by atoms with Crippen LogP contribution in [0.2, 0.25) is 0 Å². The van der Waals surface area contributed by atoms with Crippen molar-refractivity contribution in [3.8, 4) is 0 Å². The van der Waals surface area contributed by atoms with Crippen molar-refractivity contribution < 1.29 is 18.7 Å². The number of aldehydes is 1. The minimum atomic E-state index is -1.37. The molecule has 0 aromatic carbocycles. The van der Waals surface area contributed by atoms with Gasteiger partial charge in [0.05, 0.1) is 0 Å². The first-order chi connectivity index (χ1) is 7.81. The van der Waals surface area contributed by atoms with Gasteiger partial charge in [0.25, 0.3) is 0 Å². The zero-order valence-electron chi connectivity index (χ0n) is 10.6. The molecule has 1 fully saturated rings. The van der Waals surface area contributed by atoms with Gasteiger partial charge in [0.1, 0.15) is 5.60 Å². The smallest absolute Gasteiger partial charge is 0.410 e. The highest BCUT2D eigenvalue weighted by Gasteiger charge is 2.33. The van der Waals surface area contributed by atoms with Crippen molar-refractivity contribution in [2.24, 2.45) is 5.92 Å². The molecule has 4 nitrogen and oxygen atoms in total. The highest BCUT2D eigenvalue weighted by molar-refractivity contribution is 5.69. The molecule has 0 aromatic heterocycles. The fourth-order valence-electron chi connectivity index (χ4n) is 1.69. The molecule has 0 saturated carbocycles. The predicted molar refractivity (Wildman–Crippen MR) is 61.5 cm³/mol. The molecule has 1 aliphatic heterocycles. The Morgan fingerprint density at radius 2 is 2.12 bits per heavy atom. The van der Waals surface area contributed by atoms with Crippen LogP contribution in [0.4, 0.5) is 9.18 Å². The van der Waals surface area contributed by atoms with Gasteiger partial charge in [-0.2, -0.15) is 0 Å². The van der Waals surface area contributed by atoms with E-state index >= 15 is 0 Å². The number of likely N-dealkylation sites (tertiary alicyclic amines) is 1. The number of hydrogen-bond acceptors (Lipinski definition) is 3. The molecule has 1 heterocycles. The van der Waals surface area contributed by atoms with Crippen molar-refractivity contribution in [1.82, 2.24) is 4.90 Å². The van der Waals surface area contributed by atoms with Crippen molar-refractivity contribution in [1.29, 1.82) is 0 Å². The van der Waals surface area contributed by atoms with Crippen molar-refractivity contribution in [2.45, 2.75) is 45.4 Å². The number of nitrogens with zero attached hydrogens (tertiary/aromatic N) is 1. The molecule has 1 atom stereocenters. The van der Waals surface area contributed by atoms with Crippen LogP contribution in [0.15, 0.2) is 0 Å². The molecule has 1 rings (SSSR count). The normalized spacial score (nSPS) is 18.5. The lowest BCUT2D eigenvalue weighted by atomic mass is 9.94. The average Bonchev–Trinajstić information content (AvgIpc) is 2.11. The summed E-state index contributed by atoms with van der Waals surface area (Å²) in [5, 5.41) is 0. The Morgan fingerprint density at radius 3 is 2.59 bits per heavy atom. The summed E-state index contributed by atoms with van der Waals surface area (Å²) in [5.74, 6) is 0.292. The number of halogens is 1. The average molecular weight is 245 g/mol. The number of ether oxygens (including phenoxy) is 1. The Kier molecular flexibility index (Phi) is 4.48. The molecule has 0 bridgehead atoms. The molecular formula is C12H20FNO3. The summed E-state index contributed by atoms with van der Waals surface area (Å²) in [4.78, 5) is 23.2. The van der Waals surface area contributed by atoms with E-state index in [1.165, 1.54) is 0 Å². The van der Waals surface area contributed by atoms with Crippen molar-refractivity contribution in [3.05, 3.63) is 0 Å². The molecular weight excluding hydrogens is 225 g/mol. The molecule has 1 unspecified atom stereocenters. The second-order valence-corrected chi connectivity index (χ2v) is 5.48. The number of hydrogen-bond donors (Lipinski definition) is 0. The molecule has 0 N–H and O–H groups in total. The molecule has 0 spiro atoms. The Bertz CT molecular complexity index is 282. The number of rotatable bonds is 4. The summed E-state index contributed by atoms with van der Waals surface area (Å²) in [7, 11) is 0. The number of alkyl halides is 1. The molecule has 5 heteroatoms. The zero-order chi connectivity index (χ0) is 13.1. The van der Waals surface area contributed by atoms with Gasteiger partial charge >= 0.3 is 6.09 Å². The van der Waals surface area contributed by atoms with Crippen LogP contribution in [0.3, 0.4) is 0 Å². The largest absolute Gasteiger partial charge is 0.444 e. The minimum absolute atomic E-state index is 0.246. The van der Waals surface area contributed by atoms with Crippen LogP contribution in [0.5, 0.6) is 0 Å². The molecule has 1 saturated heterocycles. The van der Waals surface area contributed by atoms with E-state index in [2.05, 4.69) is 0 Å². The van der Waals surface area contributed by atoms with Gasteiger partial charge in [0.15, 0.2) is 12.5 Å². The molecule has 1 amide bonds. The number of carbonyl (C=O) groups excluding carboxylic acids is 2. The molecule has 17 heavy (non-hydrogen) atoms. The first-order valence-corrected chi connectivity index (χ1v) is 5.89. The van der Waals surface area contributed by atoms with Gasteiger partial charge in [-0.15, -0.1) is 0 Å². The third kappa shape index (κ3) is 4.71. The van der Waals surface area contributed by atoms with Crippen molar-refractivity contribution >= 4 is 12.4 Å². The van der Waals surface area contributed by atoms with Crippen LogP contribution in [-0.4, -0.2) is 42.1 Å². The summed E-state index contributed by atoms with van der Waals surface area (Å²) < 4.78 is 17.9. The van der Waals surface area contributed by atoms with E-state index in [0.29, 0.717) is 31.7 Å². The zero-order valence-corrected chi connectivity index (χ0v) is 10.6. The minimum Gasteiger partial charge on any atom is -0.444 e. The van der Waals surface area contributed by atoms with E-state index in [1.807, 2.05) is 20.8 Å². The van der Waals surface area contributed by atoms with Crippen molar-refractivity contribution in [3.63, 3.8) is 0 Å². The van der Waals surface area contributed by atoms with E-state index in [-0.39, 0.29) is 12.5 Å². The van der Waals surface area contributed by atoms with E-state index < -0.39 is 11.8 Å². The van der Waals surface area contributed by atoms with Crippen LogP contribution in [-0.2, 0) is 9.53 Å². The Labute approximate surface area is 101 Å². The Balaban J connectivity index is 2.18. The van der Waals surface area contributed by atoms with E-state index in [1.54, 1.807) is 4.90 Å². The second-order valence-electron chi connectivity index (χ2n) is 5.48. The third-order valence-electron chi connectivity index (χ3n) is 2.61. The summed E-state index contributed by atoms with van der Waals surface area (Å²) in [6.07, 6.45) is -0.480. The van der Waals surface area contributed by atoms with Gasteiger partial charge in [0.2, 0.25) is 0 Å². The standard InChI is InChI=1S/C12H20FNO3/c1-12(2,3)17-11(16)14-6-9(7-14)4-5-10(13)8-15/h8-10H,4-7H2,1-3H3. The Morgan fingerprint density at radius 1 is 1.53 bits per heavy atom. The first-order valence-electron chi connectivity index (χ1n) is 5.89. The fraction of sp³-hybridized carbons (Fsp3) is 0.833. The quantitative estimate of drug-likeness (QED) is 0.713. The van der Waals surface area contributed by atoms with Crippen LogP contribution < -0.4 is 0 Å². The molecule has 0 radical (unpaired) electrons. The second kappa shape index (κ2) is 5.47. The predicted octanol–water partition coefficient (Wildman–Crippen LogP) is 2.17. The van der Waals surface area contributed by atoms with Crippen LogP contribution in [0.25, 0.3) is 0 Å². The molecule has 98 valence electrons. The Hall–Kier alpha value is -1.13. The maximum Gasteiger partial charge on any atom is 0.410 e. The highest BCUT2D eigenvalue weighted by Crippen LogP contribution is 2.23. The van der Waals surface area contributed by atoms with Crippen LogP contribution >= 0.6 is 0 Å². The molecule has 1 aliphatic rings. The summed E-state index contributed by atoms with van der Waals surface area (Å²) in [6, 6.07) is 0.